The first-order valence-electron chi connectivity index (χ1n) is 4.45. The molecule has 0 fully saturated rings. The molecule has 0 saturated carbocycles. The molecule has 0 aliphatic heterocycles. The summed E-state index contributed by atoms with van der Waals surface area (Å²) in [5, 5.41) is 0. The van der Waals surface area contributed by atoms with Crippen molar-refractivity contribution >= 4 is 12.6 Å². The average molecular weight is 265 g/mol. The molecule has 0 aliphatic rings. The molecule has 0 aromatic carbocycles. The van der Waals surface area contributed by atoms with Crippen molar-refractivity contribution < 1.29 is 21.5 Å². The lowest BCUT2D eigenvalue weighted by molar-refractivity contribution is -0.671. The number of imidazole rings is 1. The van der Waals surface area contributed by atoms with Gasteiger partial charge in [-0.05, 0) is 25.0 Å². The monoisotopic (exact) mass is 264 g/mol. The predicted octanol–water partition coefficient (Wildman–Crippen LogP) is -1.58. The van der Waals surface area contributed by atoms with E-state index in [1.165, 1.54) is 19.3 Å². The van der Waals surface area contributed by atoms with Gasteiger partial charge in [0.2, 0.25) is 6.33 Å². The predicted molar refractivity (Wildman–Crippen MR) is 53.3 cm³/mol. The topological polar surface area (TPSA) is 8.81 Å². The molecule has 4 heteroatoms. The smallest absolute Gasteiger partial charge is 0.243 e. The van der Waals surface area contributed by atoms with E-state index in [2.05, 4.69) is 40.5 Å². The first-order chi connectivity index (χ1) is 5.83. The van der Waals surface area contributed by atoms with Gasteiger partial charge in [-0.15, -0.1) is 0 Å². The first kappa shape index (κ1) is 13.0. The highest BCUT2D eigenvalue weighted by Crippen LogP contribution is 1.99. The molecule has 0 atom stereocenters. The van der Waals surface area contributed by atoms with Crippen LogP contribution in [0, 0.1) is 0 Å². The molecule has 0 aliphatic carbocycles. The summed E-state index contributed by atoms with van der Waals surface area (Å²) in [5.74, 6) is 1.01. The molecule has 1 aromatic rings. The Balaban J connectivity index is 0.00000144. The third-order valence-electron chi connectivity index (χ3n) is 1.90. The molecular weight excluding hydrogens is 248 g/mol. The first-order valence-corrected chi connectivity index (χ1v) is 5.08. The van der Waals surface area contributed by atoms with E-state index < -0.39 is 0 Å². The van der Waals surface area contributed by atoms with Crippen LogP contribution in [0.5, 0.6) is 0 Å². The second-order valence-corrected chi connectivity index (χ2v) is 3.55. The van der Waals surface area contributed by atoms with Gasteiger partial charge in [-0.2, -0.15) is 12.6 Å². The lowest BCUT2D eigenvalue weighted by Crippen LogP contribution is -3.00. The minimum absolute atomic E-state index is 0. The number of thiol groups is 1. The van der Waals surface area contributed by atoms with Crippen LogP contribution in [0.4, 0.5) is 0 Å². The molecule has 0 bridgehead atoms. The Hall–Kier alpha value is 0.0400. The molecule has 13 heavy (non-hydrogen) atoms. The van der Waals surface area contributed by atoms with Crippen LogP contribution in [0.1, 0.15) is 19.3 Å². The number of aromatic nitrogens is 2. The van der Waals surface area contributed by atoms with Gasteiger partial charge in [-0.25, -0.2) is 9.13 Å². The molecule has 0 unspecified atom stereocenters. The van der Waals surface area contributed by atoms with Gasteiger partial charge >= 0.3 is 0 Å². The van der Waals surface area contributed by atoms with Crippen molar-refractivity contribution in [3.63, 3.8) is 0 Å². The lowest BCUT2D eigenvalue weighted by Gasteiger charge is -1.95. The number of halogens is 1. The van der Waals surface area contributed by atoms with E-state index in [-0.39, 0.29) is 17.0 Å². The van der Waals surface area contributed by atoms with Crippen molar-refractivity contribution in [1.82, 2.24) is 4.57 Å². The standard InChI is InChI=1S/C9H16N2S.BrH/c1-10-6-7-11(9-10)5-3-2-4-8-12;/h6-7,9H,2-5,8H2,1H3;1H. The summed E-state index contributed by atoms with van der Waals surface area (Å²) in [7, 11) is 2.05. The lowest BCUT2D eigenvalue weighted by atomic mass is 10.2. The summed E-state index contributed by atoms with van der Waals surface area (Å²) in [6, 6.07) is 0. The van der Waals surface area contributed by atoms with Crippen molar-refractivity contribution in [1.29, 1.82) is 0 Å². The summed E-state index contributed by atoms with van der Waals surface area (Å²) in [6.07, 6.45) is 10.1. The maximum atomic E-state index is 4.17. The number of rotatable bonds is 5. The van der Waals surface area contributed by atoms with E-state index in [0.717, 1.165) is 12.3 Å². The molecule has 0 N–H and O–H groups in total. The van der Waals surface area contributed by atoms with Gasteiger partial charge in [0, 0.05) is 0 Å². The number of hydrogen-bond acceptors (Lipinski definition) is 1. The zero-order valence-electron chi connectivity index (χ0n) is 7.99. The zero-order valence-corrected chi connectivity index (χ0v) is 10.5. The highest BCUT2D eigenvalue weighted by atomic mass is 79.9. The summed E-state index contributed by atoms with van der Waals surface area (Å²) < 4.78 is 4.29. The number of unbranched alkanes of at least 4 members (excludes halogenated alkanes) is 2. The van der Waals surface area contributed by atoms with Crippen LogP contribution in [0.25, 0.3) is 0 Å². The van der Waals surface area contributed by atoms with E-state index in [1.807, 2.05) is 7.05 Å². The maximum Gasteiger partial charge on any atom is 0.243 e. The van der Waals surface area contributed by atoms with E-state index in [1.54, 1.807) is 0 Å². The molecule has 1 heterocycles. The van der Waals surface area contributed by atoms with Crippen molar-refractivity contribution in [2.45, 2.75) is 25.8 Å². The highest BCUT2D eigenvalue weighted by molar-refractivity contribution is 7.80. The van der Waals surface area contributed by atoms with Crippen molar-refractivity contribution in [3.05, 3.63) is 18.7 Å². The van der Waals surface area contributed by atoms with Crippen molar-refractivity contribution in [3.8, 4) is 0 Å². The molecule has 1 rings (SSSR count). The SMILES string of the molecule is C[n+]1ccn(CCCCCS)c1.[Br-]. The summed E-state index contributed by atoms with van der Waals surface area (Å²) in [5.41, 5.74) is 0. The fourth-order valence-electron chi connectivity index (χ4n) is 1.22. The second-order valence-electron chi connectivity index (χ2n) is 3.10. The largest absolute Gasteiger partial charge is 1.00 e. The van der Waals surface area contributed by atoms with Crippen LogP contribution < -0.4 is 21.5 Å². The summed E-state index contributed by atoms with van der Waals surface area (Å²) in [6.45, 7) is 1.13. The Morgan fingerprint density at radius 1 is 1.31 bits per heavy atom. The Bertz CT molecular complexity index is 225. The average Bonchev–Trinajstić information content (AvgIpc) is 2.45. The molecule has 76 valence electrons. The van der Waals surface area contributed by atoms with Crippen LogP contribution in [-0.2, 0) is 13.6 Å². The van der Waals surface area contributed by atoms with Crippen LogP contribution in [-0.4, -0.2) is 10.3 Å². The maximum absolute atomic E-state index is 4.17. The van der Waals surface area contributed by atoms with Gasteiger partial charge in [0.05, 0.1) is 13.6 Å². The Kier molecular flexibility index (Phi) is 7.47. The highest BCUT2D eigenvalue weighted by Gasteiger charge is 1.98. The summed E-state index contributed by atoms with van der Waals surface area (Å²) >= 11 is 4.17. The number of nitrogens with zero attached hydrogens (tertiary/aromatic N) is 2. The van der Waals surface area contributed by atoms with Crippen LogP contribution >= 0.6 is 12.6 Å². The van der Waals surface area contributed by atoms with Gasteiger partial charge in [0.1, 0.15) is 12.4 Å². The van der Waals surface area contributed by atoms with E-state index >= 15 is 0 Å². The molecule has 0 radical (unpaired) electrons. The van der Waals surface area contributed by atoms with Crippen LogP contribution in [0.15, 0.2) is 18.7 Å². The third kappa shape index (κ3) is 5.37. The minimum Gasteiger partial charge on any atom is -1.00 e. The Morgan fingerprint density at radius 3 is 2.62 bits per heavy atom. The van der Waals surface area contributed by atoms with Crippen LogP contribution in [0.3, 0.4) is 0 Å². The number of hydrogen-bond donors (Lipinski definition) is 1. The third-order valence-corrected chi connectivity index (χ3v) is 2.21. The molecule has 1 aromatic heterocycles. The molecule has 0 amide bonds. The van der Waals surface area contributed by atoms with E-state index in [9.17, 15) is 0 Å². The fraction of sp³-hybridized carbons (Fsp3) is 0.667. The summed E-state index contributed by atoms with van der Waals surface area (Å²) in [4.78, 5) is 0. The van der Waals surface area contributed by atoms with E-state index in [0.29, 0.717) is 0 Å². The van der Waals surface area contributed by atoms with Gasteiger partial charge in [-0.3, -0.25) is 0 Å². The Morgan fingerprint density at radius 2 is 2.08 bits per heavy atom. The number of aryl methyl sites for hydroxylation is 2. The molecule has 0 saturated heterocycles. The van der Waals surface area contributed by atoms with Crippen LogP contribution in [0.2, 0.25) is 0 Å². The normalized spacial score (nSPS) is 9.69. The van der Waals surface area contributed by atoms with Gasteiger partial charge in [0.15, 0.2) is 0 Å². The van der Waals surface area contributed by atoms with E-state index in [4.69, 9.17) is 0 Å². The van der Waals surface area contributed by atoms with Crippen molar-refractivity contribution in [2.24, 2.45) is 7.05 Å². The molecule has 2 nitrogen and oxygen atoms in total. The van der Waals surface area contributed by atoms with Gasteiger partial charge in [-0.1, -0.05) is 0 Å². The molecule has 0 spiro atoms. The van der Waals surface area contributed by atoms with Crippen molar-refractivity contribution in [2.75, 3.05) is 5.75 Å². The Labute approximate surface area is 96.1 Å². The second kappa shape index (κ2) is 7.44. The quantitative estimate of drug-likeness (QED) is 0.374. The van der Waals surface area contributed by atoms with Gasteiger partial charge in [0.25, 0.3) is 0 Å². The zero-order chi connectivity index (χ0) is 8.81. The molecular formula is C9H17BrN2S. The minimum atomic E-state index is 0. The fourth-order valence-corrected chi connectivity index (χ4v) is 1.44. The van der Waals surface area contributed by atoms with Gasteiger partial charge < -0.3 is 17.0 Å².